The summed E-state index contributed by atoms with van der Waals surface area (Å²) in [7, 11) is 0. The van der Waals surface area contributed by atoms with E-state index in [0.29, 0.717) is 28.2 Å². The van der Waals surface area contributed by atoms with E-state index < -0.39 is 0 Å². The number of hydrogen-bond donors (Lipinski definition) is 1. The van der Waals surface area contributed by atoms with Crippen molar-refractivity contribution in [3.63, 3.8) is 0 Å². The van der Waals surface area contributed by atoms with Crippen molar-refractivity contribution in [1.29, 1.82) is 5.26 Å². The number of carbonyl (C=O) groups excluding carboxylic acids is 1. The molecule has 2 aromatic carbocycles. The zero-order valence-corrected chi connectivity index (χ0v) is 12.9. The van der Waals surface area contributed by atoms with E-state index in [2.05, 4.69) is 32.3 Å². The van der Waals surface area contributed by atoms with Crippen molar-refractivity contribution >= 4 is 38.6 Å². The highest BCUT2D eigenvalue weighted by atomic mass is 79.9. The second kappa shape index (κ2) is 6.00. The largest absolute Gasteiger partial charge is 0.436 e. The molecule has 22 heavy (non-hydrogen) atoms. The molecule has 0 radical (unpaired) electrons. The number of alkyl halides is 1. The van der Waals surface area contributed by atoms with Gasteiger partial charge in [-0.15, -0.1) is 0 Å². The van der Waals surface area contributed by atoms with Crippen molar-refractivity contribution < 1.29 is 9.21 Å². The highest BCUT2D eigenvalue weighted by molar-refractivity contribution is 9.09. The first-order valence-corrected chi connectivity index (χ1v) is 7.58. The monoisotopic (exact) mass is 355 g/mol. The highest BCUT2D eigenvalue weighted by Crippen LogP contribution is 2.25. The molecule has 0 aliphatic rings. The Balaban J connectivity index is 1.90. The fourth-order valence-corrected chi connectivity index (χ4v) is 2.15. The second-order valence-corrected chi connectivity index (χ2v) is 5.13. The van der Waals surface area contributed by atoms with E-state index in [4.69, 9.17) is 9.68 Å². The molecule has 0 aliphatic heterocycles. The standard InChI is InChI=1S/C16H10BrN3O2/c17-8-15(21)19-12-4-2-11(3-5-12)16-20-13-7-10(9-18)1-6-14(13)22-16/h1-7H,8H2,(H,19,21). The van der Waals surface area contributed by atoms with Gasteiger partial charge in [-0.05, 0) is 42.5 Å². The van der Waals surface area contributed by atoms with E-state index in [1.165, 1.54) is 0 Å². The first kappa shape index (κ1) is 14.3. The van der Waals surface area contributed by atoms with Gasteiger partial charge in [-0.1, -0.05) is 15.9 Å². The fraction of sp³-hybridized carbons (Fsp3) is 0.0625. The minimum Gasteiger partial charge on any atom is -0.436 e. The molecule has 1 heterocycles. The number of oxazole rings is 1. The smallest absolute Gasteiger partial charge is 0.235 e. The number of nitriles is 1. The quantitative estimate of drug-likeness (QED) is 0.726. The number of carbonyl (C=O) groups is 1. The lowest BCUT2D eigenvalue weighted by molar-refractivity contribution is -0.113. The first-order chi connectivity index (χ1) is 10.7. The van der Waals surface area contributed by atoms with Gasteiger partial charge >= 0.3 is 0 Å². The SMILES string of the molecule is N#Cc1ccc2oc(-c3ccc(NC(=O)CBr)cc3)nc2c1. The highest BCUT2D eigenvalue weighted by Gasteiger charge is 2.09. The summed E-state index contributed by atoms with van der Waals surface area (Å²) in [6.45, 7) is 0. The molecule has 0 bridgehead atoms. The lowest BCUT2D eigenvalue weighted by atomic mass is 10.2. The Morgan fingerprint density at radius 2 is 2.05 bits per heavy atom. The Kier molecular flexibility index (Phi) is 3.90. The Bertz CT molecular complexity index is 879. The normalized spacial score (nSPS) is 10.4. The summed E-state index contributed by atoms with van der Waals surface area (Å²) in [4.78, 5) is 15.7. The molecule has 1 aromatic heterocycles. The van der Waals surface area contributed by atoms with Crippen LogP contribution in [0.15, 0.2) is 46.9 Å². The first-order valence-electron chi connectivity index (χ1n) is 6.46. The van der Waals surface area contributed by atoms with Gasteiger partial charge in [0.1, 0.15) is 5.52 Å². The van der Waals surface area contributed by atoms with Crippen LogP contribution in [0.2, 0.25) is 0 Å². The number of nitrogens with zero attached hydrogens (tertiary/aromatic N) is 2. The van der Waals surface area contributed by atoms with Gasteiger partial charge in [0.15, 0.2) is 5.58 Å². The third kappa shape index (κ3) is 2.85. The average molecular weight is 356 g/mol. The number of amides is 1. The Labute approximate surface area is 134 Å². The number of hydrogen-bond acceptors (Lipinski definition) is 4. The molecule has 0 saturated carbocycles. The maximum atomic E-state index is 11.3. The van der Waals surface area contributed by atoms with E-state index in [1.807, 2.05) is 12.1 Å². The number of nitrogens with one attached hydrogen (secondary N) is 1. The molecule has 1 N–H and O–H groups in total. The summed E-state index contributed by atoms with van der Waals surface area (Å²) >= 11 is 3.09. The molecular formula is C16H10BrN3O2. The van der Waals surface area contributed by atoms with Gasteiger partial charge in [0.2, 0.25) is 11.8 Å². The molecule has 0 spiro atoms. The van der Waals surface area contributed by atoms with Crippen LogP contribution in [0.5, 0.6) is 0 Å². The Hall–Kier alpha value is -2.65. The number of aromatic nitrogens is 1. The molecule has 6 heteroatoms. The summed E-state index contributed by atoms with van der Waals surface area (Å²) in [6, 6.07) is 14.4. The predicted molar refractivity (Wildman–Crippen MR) is 86.6 cm³/mol. The van der Waals surface area contributed by atoms with Crippen LogP contribution in [-0.4, -0.2) is 16.2 Å². The minimum atomic E-state index is -0.112. The van der Waals surface area contributed by atoms with Gasteiger partial charge in [0.05, 0.1) is 17.0 Å². The van der Waals surface area contributed by atoms with E-state index in [0.717, 1.165) is 5.56 Å². The molecule has 0 atom stereocenters. The van der Waals surface area contributed by atoms with E-state index in [1.54, 1.807) is 30.3 Å². The molecule has 1 amide bonds. The summed E-state index contributed by atoms with van der Waals surface area (Å²) < 4.78 is 5.68. The van der Waals surface area contributed by atoms with Crippen LogP contribution in [-0.2, 0) is 4.79 Å². The van der Waals surface area contributed by atoms with Crippen molar-refractivity contribution in [3.8, 4) is 17.5 Å². The third-order valence-electron chi connectivity index (χ3n) is 3.05. The number of benzene rings is 2. The van der Waals surface area contributed by atoms with Crippen LogP contribution in [0.3, 0.4) is 0 Å². The molecule has 3 aromatic rings. The Morgan fingerprint density at radius 3 is 2.73 bits per heavy atom. The van der Waals surface area contributed by atoms with Gasteiger partial charge < -0.3 is 9.73 Å². The minimum absolute atomic E-state index is 0.112. The van der Waals surface area contributed by atoms with Gasteiger partial charge in [-0.2, -0.15) is 5.26 Å². The number of fused-ring (bicyclic) bond motifs is 1. The maximum Gasteiger partial charge on any atom is 0.235 e. The van der Waals surface area contributed by atoms with Crippen LogP contribution in [0.4, 0.5) is 5.69 Å². The van der Waals surface area contributed by atoms with Crippen molar-refractivity contribution in [2.24, 2.45) is 0 Å². The second-order valence-electron chi connectivity index (χ2n) is 4.57. The lowest BCUT2D eigenvalue weighted by Crippen LogP contribution is -2.11. The molecule has 3 rings (SSSR count). The molecule has 5 nitrogen and oxygen atoms in total. The van der Waals surface area contributed by atoms with Crippen molar-refractivity contribution in [1.82, 2.24) is 4.98 Å². The van der Waals surface area contributed by atoms with E-state index in [9.17, 15) is 4.79 Å². The summed E-state index contributed by atoms with van der Waals surface area (Å²) in [5.41, 5.74) is 3.32. The van der Waals surface area contributed by atoms with E-state index >= 15 is 0 Å². The van der Waals surface area contributed by atoms with Crippen LogP contribution >= 0.6 is 15.9 Å². The van der Waals surface area contributed by atoms with Crippen LogP contribution in [0, 0.1) is 11.3 Å². The van der Waals surface area contributed by atoms with Gasteiger partial charge in [-0.3, -0.25) is 4.79 Å². The molecule has 0 fully saturated rings. The summed E-state index contributed by atoms with van der Waals surface area (Å²) in [5, 5.41) is 11.9. The van der Waals surface area contributed by atoms with Gasteiger partial charge in [-0.25, -0.2) is 4.98 Å². The van der Waals surface area contributed by atoms with Crippen LogP contribution in [0.25, 0.3) is 22.6 Å². The Morgan fingerprint density at radius 1 is 1.27 bits per heavy atom. The number of anilines is 1. The van der Waals surface area contributed by atoms with Crippen LogP contribution < -0.4 is 5.32 Å². The van der Waals surface area contributed by atoms with Crippen molar-refractivity contribution in [2.75, 3.05) is 10.6 Å². The fourth-order valence-electron chi connectivity index (χ4n) is 2.01. The van der Waals surface area contributed by atoms with Gasteiger partial charge in [0, 0.05) is 11.3 Å². The predicted octanol–water partition coefficient (Wildman–Crippen LogP) is 3.70. The molecular weight excluding hydrogens is 346 g/mol. The van der Waals surface area contributed by atoms with Gasteiger partial charge in [0.25, 0.3) is 0 Å². The van der Waals surface area contributed by atoms with Crippen LogP contribution in [0.1, 0.15) is 5.56 Å². The maximum absolute atomic E-state index is 11.3. The summed E-state index contributed by atoms with van der Waals surface area (Å²) in [5.74, 6) is 0.363. The number of rotatable bonds is 3. The third-order valence-corrected chi connectivity index (χ3v) is 3.56. The van der Waals surface area contributed by atoms with Crippen molar-refractivity contribution in [3.05, 3.63) is 48.0 Å². The lowest BCUT2D eigenvalue weighted by Gasteiger charge is -2.03. The molecule has 0 saturated heterocycles. The zero-order chi connectivity index (χ0) is 15.5. The topological polar surface area (TPSA) is 78.9 Å². The summed E-state index contributed by atoms with van der Waals surface area (Å²) in [6.07, 6.45) is 0. The van der Waals surface area contributed by atoms with Crippen molar-refractivity contribution in [2.45, 2.75) is 0 Å². The number of halogens is 1. The molecule has 0 unspecified atom stereocenters. The molecule has 108 valence electrons. The van der Waals surface area contributed by atoms with E-state index in [-0.39, 0.29) is 11.2 Å². The average Bonchev–Trinajstić information content (AvgIpc) is 2.98. The zero-order valence-electron chi connectivity index (χ0n) is 11.3. The molecule has 0 aliphatic carbocycles.